The third-order valence-electron chi connectivity index (χ3n) is 3.06. The summed E-state index contributed by atoms with van der Waals surface area (Å²) in [4.78, 5) is 0.980. The molecule has 2 rings (SSSR count). The number of hydrogen-bond acceptors (Lipinski definition) is 3. The Hall–Kier alpha value is -1.52. The summed E-state index contributed by atoms with van der Waals surface area (Å²) in [6.45, 7) is 1.80. The van der Waals surface area contributed by atoms with Gasteiger partial charge in [0.25, 0.3) is 0 Å². The summed E-state index contributed by atoms with van der Waals surface area (Å²) in [7, 11) is 1.62. The molecule has 0 aliphatic rings. The van der Waals surface area contributed by atoms with Crippen molar-refractivity contribution in [3.8, 4) is 5.75 Å². The minimum absolute atomic E-state index is 0.282. The standard InChI is InChI=1S/C16H17FO2S/c1-11-9-12(17)7-8-13(11)14(18)10-20-16-6-4-3-5-15(16)19-2/h3-9,14,18H,10H2,1-2H3. The molecule has 0 aromatic heterocycles. The van der Waals surface area contributed by atoms with E-state index in [1.165, 1.54) is 23.9 Å². The number of methoxy groups -OCH3 is 1. The second-order valence-corrected chi connectivity index (χ2v) is 5.54. The number of ether oxygens (including phenoxy) is 1. The number of aliphatic hydroxyl groups is 1. The first-order valence-electron chi connectivity index (χ1n) is 6.31. The van der Waals surface area contributed by atoms with Gasteiger partial charge in [0.15, 0.2) is 0 Å². The van der Waals surface area contributed by atoms with E-state index < -0.39 is 6.10 Å². The number of rotatable bonds is 5. The fourth-order valence-electron chi connectivity index (χ4n) is 2.01. The van der Waals surface area contributed by atoms with Crippen LogP contribution in [-0.4, -0.2) is 18.0 Å². The van der Waals surface area contributed by atoms with Gasteiger partial charge in [0.05, 0.1) is 13.2 Å². The minimum atomic E-state index is -0.634. The summed E-state index contributed by atoms with van der Waals surface area (Å²) in [5, 5.41) is 10.2. The van der Waals surface area contributed by atoms with Crippen molar-refractivity contribution >= 4 is 11.8 Å². The first-order chi connectivity index (χ1) is 9.61. The highest BCUT2D eigenvalue weighted by molar-refractivity contribution is 7.99. The van der Waals surface area contributed by atoms with E-state index in [1.54, 1.807) is 20.1 Å². The number of hydrogen-bond donors (Lipinski definition) is 1. The maximum atomic E-state index is 13.1. The molecule has 4 heteroatoms. The molecule has 2 aromatic rings. The van der Waals surface area contributed by atoms with Crippen LogP contribution in [0.1, 0.15) is 17.2 Å². The van der Waals surface area contributed by atoms with Crippen LogP contribution in [0.4, 0.5) is 4.39 Å². The number of para-hydroxylation sites is 1. The molecule has 2 nitrogen and oxygen atoms in total. The van der Waals surface area contributed by atoms with Crippen LogP contribution in [0.2, 0.25) is 0 Å². The first-order valence-corrected chi connectivity index (χ1v) is 7.30. The van der Waals surface area contributed by atoms with Crippen LogP contribution in [0.15, 0.2) is 47.4 Å². The lowest BCUT2D eigenvalue weighted by Gasteiger charge is -2.14. The third-order valence-corrected chi connectivity index (χ3v) is 4.19. The SMILES string of the molecule is COc1ccccc1SCC(O)c1ccc(F)cc1C. The summed E-state index contributed by atoms with van der Waals surface area (Å²) in [5.41, 5.74) is 1.52. The van der Waals surface area contributed by atoms with Gasteiger partial charge < -0.3 is 9.84 Å². The number of aliphatic hydroxyl groups excluding tert-OH is 1. The summed E-state index contributed by atoms with van der Waals surface area (Å²) in [5.74, 6) is 1.00. The molecular weight excluding hydrogens is 275 g/mol. The summed E-state index contributed by atoms with van der Waals surface area (Å²) >= 11 is 1.52. The molecule has 0 spiro atoms. The molecule has 2 aromatic carbocycles. The van der Waals surface area contributed by atoms with Gasteiger partial charge in [0.1, 0.15) is 11.6 Å². The number of thioether (sulfide) groups is 1. The normalized spacial score (nSPS) is 12.2. The Morgan fingerprint density at radius 2 is 2.00 bits per heavy atom. The van der Waals surface area contributed by atoms with E-state index in [9.17, 15) is 9.50 Å². The zero-order valence-corrected chi connectivity index (χ0v) is 12.3. The Morgan fingerprint density at radius 3 is 2.70 bits per heavy atom. The van der Waals surface area contributed by atoms with Gasteiger partial charge in [0, 0.05) is 10.6 Å². The van der Waals surface area contributed by atoms with E-state index in [0.29, 0.717) is 5.75 Å². The largest absolute Gasteiger partial charge is 0.496 e. The molecule has 1 atom stereocenters. The van der Waals surface area contributed by atoms with Crippen molar-refractivity contribution in [1.82, 2.24) is 0 Å². The van der Waals surface area contributed by atoms with E-state index in [0.717, 1.165) is 21.8 Å². The van der Waals surface area contributed by atoms with Crippen LogP contribution >= 0.6 is 11.8 Å². The van der Waals surface area contributed by atoms with Crippen LogP contribution in [0.3, 0.4) is 0 Å². The van der Waals surface area contributed by atoms with Crippen molar-refractivity contribution in [2.24, 2.45) is 0 Å². The smallest absolute Gasteiger partial charge is 0.132 e. The Labute approximate surface area is 122 Å². The molecule has 20 heavy (non-hydrogen) atoms. The topological polar surface area (TPSA) is 29.5 Å². The predicted molar refractivity (Wildman–Crippen MR) is 79.8 cm³/mol. The number of halogens is 1. The second kappa shape index (κ2) is 6.77. The van der Waals surface area contributed by atoms with E-state index in [-0.39, 0.29) is 5.82 Å². The molecule has 0 saturated carbocycles. The molecule has 0 amide bonds. The molecule has 0 aliphatic heterocycles. The highest BCUT2D eigenvalue weighted by Gasteiger charge is 2.13. The number of aryl methyl sites for hydroxylation is 1. The van der Waals surface area contributed by atoms with Gasteiger partial charge in [-0.25, -0.2) is 4.39 Å². The van der Waals surface area contributed by atoms with Crippen molar-refractivity contribution in [3.05, 3.63) is 59.4 Å². The molecule has 0 fully saturated rings. The summed E-state index contributed by atoms with van der Waals surface area (Å²) in [6, 6.07) is 12.1. The van der Waals surface area contributed by atoms with E-state index in [4.69, 9.17) is 4.74 Å². The monoisotopic (exact) mass is 292 g/mol. The van der Waals surface area contributed by atoms with E-state index in [2.05, 4.69) is 0 Å². The fraction of sp³-hybridized carbons (Fsp3) is 0.250. The molecule has 0 saturated heterocycles. The molecule has 106 valence electrons. The van der Waals surface area contributed by atoms with Crippen molar-refractivity contribution in [2.45, 2.75) is 17.9 Å². The lowest BCUT2D eigenvalue weighted by molar-refractivity contribution is 0.203. The Morgan fingerprint density at radius 1 is 1.25 bits per heavy atom. The molecule has 0 aliphatic carbocycles. The lowest BCUT2D eigenvalue weighted by atomic mass is 10.0. The van der Waals surface area contributed by atoms with Crippen molar-refractivity contribution in [1.29, 1.82) is 0 Å². The van der Waals surface area contributed by atoms with Crippen LogP contribution < -0.4 is 4.74 Å². The Balaban J connectivity index is 2.06. The predicted octanol–water partition coefficient (Wildman–Crippen LogP) is 3.97. The van der Waals surface area contributed by atoms with Crippen LogP contribution in [0.5, 0.6) is 5.75 Å². The molecule has 1 N–H and O–H groups in total. The highest BCUT2D eigenvalue weighted by atomic mass is 32.2. The van der Waals surface area contributed by atoms with Gasteiger partial charge in [-0.15, -0.1) is 11.8 Å². The van der Waals surface area contributed by atoms with Crippen LogP contribution in [-0.2, 0) is 0 Å². The van der Waals surface area contributed by atoms with Crippen molar-refractivity contribution in [2.75, 3.05) is 12.9 Å². The minimum Gasteiger partial charge on any atom is -0.496 e. The summed E-state index contributed by atoms with van der Waals surface area (Å²) in [6.07, 6.45) is -0.634. The molecule has 0 heterocycles. The zero-order chi connectivity index (χ0) is 14.5. The average molecular weight is 292 g/mol. The van der Waals surface area contributed by atoms with Gasteiger partial charge in [-0.05, 0) is 42.3 Å². The first kappa shape index (κ1) is 14.9. The van der Waals surface area contributed by atoms with Gasteiger partial charge in [-0.2, -0.15) is 0 Å². The maximum absolute atomic E-state index is 13.1. The van der Waals surface area contributed by atoms with Gasteiger partial charge in [0.2, 0.25) is 0 Å². The molecular formula is C16H17FO2S. The van der Waals surface area contributed by atoms with Gasteiger partial charge >= 0.3 is 0 Å². The number of benzene rings is 2. The fourth-order valence-corrected chi connectivity index (χ4v) is 2.99. The van der Waals surface area contributed by atoms with Gasteiger partial charge in [-0.1, -0.05) is 18.2 Å². The van der Waals surface area contributed by atoms with Gasteiger partial charge in [-0.3, -0.25) is 0 Å². The Bertz CT molecular complexity index is 586. The van der Waals surface area contributed by atoms with Crippen LogP contribution in [0.25, 0.3) is 0 Å². The van der Waals surface area contributed by atoms with E-state index in [1.807, 2.05) is 24.3 Å². The van der Waals surface area contributed by atoms with Crippen LogP contribution in [0, 0.1) is 12.7 Å². The molecule has 1 unspecified atom stereocenters. The quantitative estimate of drug-likeness (QED) is 0.846. The van der Waals surface area contributed by atoms with E-state index >= 15 is 0 Å². The molecule has 0 radical (unpaired) electrons. The molecule has 0 bridgehead atoms. The van der Waals surface area contributed by atoms with Crippen molar-refractivity contribution in [3.63, 3.8) is 0 Å². The second-order valence-electron chi connectivity index (χ2n) is 4.48. The Kier molecular flexibility index (Phi) is 5.04. The third kappa shape index (κ3) is 3.52. The summed E-state index contributed by atoms with van der Waals surface area (Å²) < 4.78 is 18.3. The highest BCUT2D eigenvalue weighted by Crippen LogP contribution is 2.32. The average Bonchev–Trinajstić information content (AvgIpc) is 2.45. The zero-order valence-electron chi connectivity index (χ0n) is 11.5. The van der Waals surface area contributed by atoms with Crippen molar-refractivity contribution < 1.29 is 14.2 Å². The maximum Gasteiger partial charge on any atom is 0.132 e. The lowest BCUT2D eigenvalue weighted by Crippen LogP contribution is -2.03.